The van der Waals surface area contributed by atoms with Crippen LogP contribution in [0.25, 0.3) is 10.8 Å². The lowest BCUT2D eigenvalue weighted by Gasteiger charge is -2.34. The van der Waals surface area contributed by atoms with Gasteiger partial charge in [0.05, 0.1) is 12.0 Å². The second-order valence-electron chi connectivity index (χ2n) is 4.64. The number of carbonyl (C=O) groups excluding carboxylic acids is 1. The fourth-order valence-corrected chi connectivity index (χ4v) is 2.31. The minimum absolute atomic E-state index is 0.0806. The molecule has 0 radical (unpaired) electrons. The highest BCUT2D eigenvalue weighted by Gasteiger charge is 2.60. The number of fused-ring (bicyclic) bond motifs is 3. The van der Waals surface area contributed by atoms with Crippen molar-refractivity contribution in [1.29, 1.82) is 0 Å². The van der Waals surface area contributed by atoms with Gasteiger partial charge in [0.25, 0.3) is 0 Å². The summed E-state index contributed by atoms with van der Waals surface area (Å²) in [6, 6.07) is 9.63. The molecule has 2 aromatic rings. The highest BCUT2D eigenvalue weighted by Crippen LogP contribution is 2.43. The molecule has 0 aromatic heterocycles. The van der Waals surface area contributed by atoms with Crippen LogP contribution in [0.2, 0.25) is 0 Å². The van der Waals surface area contributed by atoms with E-state index in [1.807, 2.05) is 0 Å². The van der Waals surface area contributed by atoms with Crippen LogP contribution in [-0.4, -0.2) is 22.9 Å². The predicted molar refractivity (Wildman–Crippen MR) is 64.5 cm³/mol. The second kappa shape index (κ2) is 3.96. The zero-order valence-electron chi connectivity index (χ0n) is 10.1. The van der Waals surface area contributed by atoms with Crippen LogP contribution in [0.3, 0.4) is 0 Å². The van der Waals surface area contributed by atoms with Gasteiger partial charge in [-0.2, -0.15) is 13.2 Å². The maximum atomic E-state index is 12.8. The average Bonchev–Trinajstić information content (AvgIpc) is 2.36. The summed E-state index contributed by atoms with van der Waals surface area (Å²) in [5.74, 6) is -4.50. The number of hydrogen-bond acceptors (Lipinski definition) is 3. The summed E-state index contributed by atoms with van der Waals surface area (Å²) in [5, 5.41) is 10.8. The van der Waals surface area contributed by atoms with Gasteiger partial charge in [-0.3, -0.25) is 4.79 Å². The van der Waals surface area contributed by atoms with E-state index < -0.39 is 24.2 Å². The molecule has 0 bridgehead atoms. The average molecular weight is 282 g/mol. The van der Waals surface area contributed by atoms with Gasteiger partial charge in [0, 0.05) is 0 Å². The summed E-state index contributed by atoms with van der Waals surface area (Å²) in [4.78, 5) is 12.0. The molecular weight excluding hydrogens is 273 g/mol. The van der Waals surface area contributed by atoms with Crippen molar-refractivity contribution in [3.8, 4) is 5.75 Å². The monoisotopic (exact) mass is 282 g/mol. The molecule has 0 saturated heterocycles. The second-order valence-corrected chi connectivity index (χ2v) is 4.64. The highest BCUT2D eigenvalue weighted by molar-refractivity contribution is 6.11. The van der Waals surface area contributed by atoms with E-state index in [1.165, 1.54) is 6.07 Å². The first-order valence-corrected chi connectivity index (χ1v) is 5.85. The van der Waals surface area contributed by atoms with Crippen LogP contribution in [0.5, 0.6) is 5.75 Å². The molecule has 2 aromatic carbocycles. The number of rotatable bonds is 0. The molecule has 0 unspecified atom stereocenters. The largest absolute Gasteiger partial charge is 0.455 e. The predicted octanol–water partition coefficient (Wildman–Crippen LogP) is 3.06. The number of halogens is 3. The quantitative estimate of drug-likeness (QED) is 0.807. The van der Waals surface area contributed by atoms with Crippen LogP contribution < -0.4 is 4.74 Å². The molecule has 1 aliphatic rings. The van der Waals surface area contributed by atoms with Gasteiger partial charge in [-0.15, -0.1) is 0 Å². The lowest BCUT2D eigenvalue weighted by atomic mass is 9.93. The Bertz CT molecular complexity index is 708. The maximum Gasteiger partial charge on any atom is 0.455 e. The summed E-state index contributed by atoms with van der Waals surface area (Å²) in [6.45, 7) is 0. The molecule has 6 heteroatoms. The van der Waals surface area contributed by atoms with Gasteiger partial charge in [-0.05, 0) is 16.8 Å². The standard InChI is InChI=1S/C14H9F3O3/c15-14(16,17)13(19)7-10(18)12-9-4-2-1-3-8(9)5-6-11(12)20-13/h1-6,19H,7H2/t13-/m0/s1. The molecule has 3 nitrogen and oxygen atoms in total. The number of ether oxygens (including phenoxy) is 1. The van der Waals surface area contributed by atoms with Crippen LogP contribution in [0.15, 0.2) is 36.4 Å². The number of Topliss-reactive ketones (excluding diaryl/α,β-unsaturated/α-hetero) is 1. The van der Waals surface area contributed by atoms with Gasteiger partial charge in [0.1, 0.15) is 5.75 Å². The number of aliphatic hydroxyl groups is 1. The molecule has 104 valence electrons. The molecule has 1 atom stereocenters. The molecule has 1 aliphatic heterocycles. The Labute approximate surface area is 111 Å². The first-order chi connectivity index (χ1) is 9.32. The van der Waals surface area contributed by atoms with Crippen LogP contribution in [-0.2, 0) is 0 Å². The topological polar surface area (TPSA) is 46.5 Å². The van der Waals surface area contributed by atoms with Gasteiger partial charge < -0.3 is 9.84 Å². The van der Waals surface area contributed by atoms with Gasteiger partial charge >= 0.3 is 12.0 Å². The SMILES string of the molecule is O=C1C[C@@](O)(C(F)(F)F)Oc2ccc3ccccc3c21. The van der Waals surface area contributed by atoms with Crippen molar-refractivity contribution < 1.29 is 27.8 Å². The van der Waals surface area contributed by atoms with Gasteiger partial charge in [-0.25, -0.2) is 0 Å². The molecule has 0 spiro atoms. The molecule has 20 heavy (non-hydrogen) atoms. The summed E-state index contributed by atoms with van der Waals surface area (Å²) in [6.07, 6.45) is -6.18. The zero-order chi connectivity index (χ0) is 14.5. The molecule has 1 heterocycles. The van der Waals surface area contributed by atoms with Crippen molar-refractivity contribution in [1.82, 2.24) is 0 Å². The molecule has 0 saturated carbocycles. The molecule has 3 rings (SSSR count). The smallest absolute Gasteiger partial charge is 0.452 e. The minimum Gasteiger partial charge on any atom is -0.452 e. The Morgan fingerprint density at radius 3 is 2.55 bits per heavy atom. The maximum absolute atomic E-state index is 12.8. The van der Waals surface area contributed by atoms with Crippen molar-refractivity contribution in [2.75, 3.05) is 0 Å². The van der Waals surface area contributed by atoms with Crippen molar-refractivity contribution in [2.45, 2.75) is 18.4 Å². The molecule has 0 amide bonds. The fourth-order valence-electron chi connectivity index (χ4n) is 2.31. The molecular formula is C14H9F3O3. The summed E-state index contributed by atoms with van der Waals surface area (Å²) >= 11 is 0. The van der Waals surface area contributed by atoms with Crippen LogP contribution in [0, 0.1) is 0 Å². The lowest BCUT2D eigenvalue weighted by Crippen LogP contribution is -2.53. The minimum atomic E-state index is -5.04. The van der Waals surface area contributed by atoms with E-state index in [2.05, 4.69) is 4.74 Å². The number of alkyl halides is 3. The summed E-state index contributed by atoms with van der Waals surface area (Å²) in [7, 11) is 0. The van der Waals surface area contributed by atoms with Crippen molar-refractivity contribution in [3.63, 3.8) is 0 Å². The number of ketones is 1. The lowest BCUT2D eigenvalue weighted by molar-refractivity contribution is -0.334. The van der Waals surface area contributed by atoms with E-state index >= 15 is 0 Å². The van der Waals surface area contributed by atoms with E-state index in [0.29, 0.717) is 5.39 Å². The van der Waals surface area contributed by atoms with Gasteiger partial charge in [-0.1, -0.05) is 30.3 Å². The summed E-state index contributed by atoms with van der Waals surface area (Å²) in [5.41, 5.74) is 0.0806. The van der Waals surface area contributed by atoms with Crippen LogP contribution >= 0.6 is 0 Å². The third kappa shape index (κ3) is 1.76. The van der Waals surface area contributed by atoms with E-state index in [4.69, 9.17) is 0 Å². The van der Waals surface area contributed by atoms with E-state index in [0.717, 1.165) is 5.39 Å². The normalized spacial score (nSPS) is 22.5. The third-order valence-corrected chi connectivity index (χ3v) is 3.29. The van der Waals surface area contributed by atoms with Crippen molar-refractivity contribution >= 4 is 16.6 Å². The van der Waals surface area contributed by atoms with E-state index in [9.17, 15) is 23.1 Å². The molecule has 0 fully saturated rings. The Hall–Kier alpha value is -2.08. The highest BCUT2D eigenvalue weighted by atomic mass is 19.4. The first-order valence-electron chi connectivity index (χ1n) is 5.85. The Morgan fingerprint density at radius 2 is 1.85 bits per heavy atom. The first kappa shape index (κ1) is 12.9. The molecule has 1 N–H and O–H groups in total. The van der Waals surface area contributed by atoms with Crippen LogP contribution in [0.4, 0.5) is 13.2 Å². The Morgan fingerprint density at radius 1 is 1.15 bits per heavy atom. The molecule has 0 aliphatic carbocycles. The number of carbonyl (C=O) groups is 1. The Balaban J connectivity index is 2.20. The van der Waals surface area contributed by atoms with Crippen molar-refractivity contribution in [3.05, 3.63) is 42.0 Å². The zero-order valence-corrected chi connectivity index (χ0v) is 10.1. The van der Waals surface area contributed by atoms with E-state index in [1.54, 1.807) is 30.3 Å². The fraction of sp³-hybridized carbons (Fsp3) is 0.214. The van der Waals surface area contributed by atoms with Crippen LogP contribution in [0.1, 0.15) is 16.8 Å². The third-order valence-electron chi connectivity index (χ3n) is 3.29. The van der Waals surface area contributed by atoms with Crippen molar-refractivity contribution in [2.24, 2.45) is 0 Å². The van der Waals surface area contributed by atoms with Gasteiger partial charge in [0.2, 0.25) is 0 Å². The summed E-state index contributed by atoms with van der Waals surface area (Å²) < 4.78 is 43.0. The number of benzene rings is 2. The van der Waals surface area contributed by atoms with E-state index in [-0.39, 0.29) is 11.3 Å². The Kier molecular flexibility index (Phi) is 2.56. The van der Waals surface area contributed by atoms with Gasteiger partial charge in [0.15, 0.2) is 5.78 Å². The number of hydrogen-bond donors (Lipinski definition) is 1.